The Bertz CT molecular complexity index is 449. The van der Waals surface area contributed by atoms with Crippen LogP contribution in [0.5, 0.6) is 0 Å². The first-order chi connectivity index (χ1) is 11.0. The number of likely N-dealkylation sites (tertiary alicyclic amines) is 1. The summed E-state index contributed by atoms with van der Waals surface area (Å²) in [4.78, 5) is 26.8. The van der Waals surface area contributed by atoms with E-state index in [1.807, 2.05) is 19.0 Å². The lowest BCUT2D eigenvalue weighted by Gasteiger charge is -2.49. The van der Waals surface area contributed by atoms with E-state index < -0.39 is 12.1 Å². The fourth-order valence-corrected chi connectivity index (χ4v) is 2.73. The van der Waals surface area contributed by atoms with E-state index in [9.17, 15) is 18.0 Å². The number of halogens is 3. The van der Waals surface area contributed by atoms with Gasteiger partial charge in [-0.25, -0.2) is 9.59 Å². The first kappa shape index (κ1) is 20.5. The second-order valence-corrected chi connectivity index (χ2v) is 6.17. The maximum absolute atomic E-state index is 11.9. The summed E-state index contributed by atoms with van der Waals surface area (Å²) in [7, 11) is 5.79. The Kier molecular flexibility index (Phi) is 6.85. The Morgan fingerprint density at radius 2 is 1.67 bits per heavy atom. The van der Waals surface area contributed by atoms with Gasteiger partial charge in [0.1, 0.15) is 0 Å². The number of carbonyl (C=O) groups is 2. The van der Waals surface area contributed by atoms with Crippen LogP contribution in [-0.4, -0.2) is 97.5 Å². The molecule has 2 amide bonds. The van der Waals surface area contributed by atoms with Crippen LogP contribution in [0, 0.1) is 0 Å². The molecule has 2 heterocycles. The Balaban J connectivity index is 0.000000351. The van der Waals surface area contributed by atoms with Crippen LogP contribution in [0.3, 0.4) is 0 Å². The highest BCUT2D eigenvalue weighted by atomic mass is 19.4. The van der Waals surface area contributed by atoms with Gasteiger partial charge in [0.15, 0.2) is 0 Å². The van der Waals surface area contributed by atoms with Crippen molar-refractivity contribution in [1.29, 1.82) is 0 Å². The SMILES string of the molecule is CN(C)C(=O)N1CCC2(CC1)COCCN2C.O=C(O)C(F)(F)F. The number of likely N-dealkylation sites (N-methyl/N-ethyl adjacent to an activating group) is 1. The van der Waals surface area contributed by atoms with Gasteiger partial charge in [-0.2, -0.15) is 13.2 Å². The Morgan fingerprint density at radius 1 is 1.17 bits per heavy atom. The van der Waals surface area contributed by atoms with E-state index in [1.165, 1.54) is 0 Å². The van der Waals surface area contributed by atoms with Crippen LogP contribution < -0.4 is 0 Å². The molecule has 1 spiro atoms. The van der Waals surface area contributed by atoms with E-state index in [-0.39, 0.29) is 11.6 Å². The zero-order valence-corrected chi connectivity index (χ0v) is 14.1. The molecule has 2 aliphatic rings. The number of urea groups is 1. The lowest BCUT2D eigenvalue weighted by Crippen LogP contribution is -2.61. The van der Waals surface area contributed by atoms with E-state index in [1.54, 1.807) is 4.90 Å². The van der Waals surface area contributed by atoms with Gasteiger partial charge >= 0.3 is 18.2 Å². The summed E-state index contributed by atoms with van der Waals surface area (Å²) < 4.78 is 37.4. The van der Waals surface area contributed by atoms with E-state index in [4.69, 9.17) is 14.6 Å². The van der Waals surface area contributed by atoms with Crippen molar-refractivity contribution in [3.8, 4) is 0 Å². The first-order valence-electron chi connectivity index (χ1n) is 7.55. The van der Waals surface area contributed by atoms with Gasteiger partial charge in [0.05, 0.1) is 13.2 Å². The van der Waals surface area contributed by atoms with Crippen molar-refractivity contribution in [3.05, 3.63) is 0 Å². The van der Waals surface area contributed by atoms with Gasteiger partial charge in [0.2, 0.25) is 0 Å². The number of carbonyl (C=O) groups excluding carboxylic acids is 1. The molecule has 2 aliphatic heterocycles. The number of morpholine rings is 1. The quantitative estimate of drug-likeness (QED) is 0.704. The van der Waals surface area contributed by atoms with Crippen molar-refractivity contribution in [2.24, 2.45) is 0 Å². The number of piperidine rings is 1. The average molecular weight is 355 g/mol. The minimum Gasteiger partial charge on any atom is -0.475 e. The van der Waals surface area contributed by atoms with Crippen LogP contribution in [-0.2, 0) is 9.53 Å². The summed E-state index contributed by atoms with van der Waals surface area (Å²) in [5, 5.41) is 7.12. The number of rotatable bonds is 0. The molecule has 0 aromatic carbocycles. The summed E-state index contributed by atoms with van der Waals surface area (Å²) in [5.41, 5.74) is 0.168. The molecule has 2 rings (SSSR count). The van der Waals surface area contributed by atoms with Crippen LogP contribution >= 0.6 is 0 Å². The fourth-order valence-electron chi connectivity index (χ4n) is 2.73. The van der Waals surface area contributed by atoms with Crippen LogP contribution in [0.15, 0.2) is 0 Å². The van der Waals surface area contributed by atoms with Crippen molar-refractivity contribution in [2.75, 3.05) is 54.0 Å². The highest BCUT2D eigenvalue weighted by molar-refractivity contribution is 5.74. The monoisotopic (exact) mass is 355 g/mol. The second-order valence-electron chi connectivity index (χ2n) is 6.17. The third kappa shape index (κ3) is 5.23. The highest BCUT2D eigenvalue weighted by Gasteiger charge is 2.41. The lowest BCUT2D eigenvalue weighted by molar-refractivity contribution is -0.192. The molecule has 140 valence electrons. The minimum atomic E-state index is -5.08. The molecule has 0 saturated carbocycles. The fraction of sp³-hybridized carbons (Fsp3) is 0.857. The third-order valence-corrected chi connectivity index (χ3v) is 4.34. The van der Waals surface area contributed by atoms with Gasteiger partial charge in [-0.3, -0.25) is 4.90 Å². The van der Waals surface area contributed by atoms with E-state index in [0.29, 0.717) is 0 Å². The summed E-state index contributed by atoms with van der Waals surface area (Å²) in [6, 6.07) is 0.124. The maximum Gasteiger partial charge on any atom is 0.490 e. The molecule has 2 fully saturated rings. The maximum atomic E-state index is 11.9. The number of carboxylic acids is 1. The van der Waals surface area contributed by atoms with Crippen LogP contribution in [0.1, 0.15) is 12.8 Å². The molecule has 2 saturated heterocycles. The number of alkyl halides is 3. The molecule has 10 heteroatoms. The van der Waals surface area contributed by atoms with Gasteiger partial charge in [0, 0.05) is 39.3 Å². The van der Waals surface area contributed by atoms with Crippen LogP contribution in [0.25, 0.3) is 0 Å². The van der Waals surface area contributed by atoms with Crippen molar-refractivity contribution < 1.29 is 32.6 Å². The van der Waals surface area contributed by atoms with Crippen LogP contribution in [0.4, 0.5) is 18.0 Å². The van der Waals surface area contributed by atoms with Crippen molar-refractivity contribution >= 4 is 12.0 Å². The van der Waals surface area contributed by atoms with Gasteiger partial charge in [0.25, 0.3) is 0 Å². The Hall–Kier alpha value is -1.55. The topological polar surface area (TPSA) is 73.3 Å². The van der Waals surface area contributed by atoms with Crippen molar-refractivity contribution in [3.63, 3.8) is 0 Å². The van der Waals surface area contributed by atoms with Crippen molar-refractivity contribution in [1.82, 2.24) is 14.7 Å². The third-order valence-electron chi connectivity index (χ3n) is 4.34. The standard InChI is InChI=1S/C12H23N3O2.C2HF3O2/c1-13(2)11(16)15-6-4-12(5-7-15)10-17-9-8-14(12)3;3-2(4,5)1(6)7/h4-10H2,1-3H3;(H,6,7). The largest absolute Gasteiger partial charge is 0.490 e. The van der Waals surface area contributed by atoms with Crippen molar-refractivity contribution in [2.45, 2.75) is 24.6 Å². The Morgan fingerprint density at radius 3 is 2.04 bits per heavy atom. The number of nitrogens with zero attached hydrogens (tertiary/aromatic N) is 3. The number of carboxylic acid groups (broad SMARTS) is 1. The number of hydrogen-bond donors (Lipinski definition) is 1. The average Bonchev–Trinajstić information content (AvgIpc) is 2.50. The van der Waals surface area contributed by atoms with Gasteiger partial charge in [-0.1, -0.05) is 0 Å². The summed E-state index contributed by atoms with van der Waals surface area (Å²) in [6.45, 7) is 4.32. The molecule has 0 bridgehead atoms. The molecule has 0 aromatic heterocycles. The Labute approximate surface area is 138 Å². The summed E-state index contributed by atoms with van der Waals surface area (Å²) in [5.74, 6) is -2.76. The highest BCUT2D eigenvalue weighted by Crippen LogP contribution is 2.30. The molecule has 24 heavy (non-hydrogen) atoms. The van der Waals surface area contributed by atoms with Gasteiger partial charge in [-0.15, -0.1) is 0 Å². The van der Waals surface area contributed by atoms with Gasteiger partial charge in [-0.05, 0) is 19.9 Å². The normalized spacial score (nSPS) is 21.0. The molecule has 7 nitrogen and oxygen atoms in total. The number of aliphatic carboxylic acids is 1. The van der Waals surface area contributed by atoms with E-state index in [2.05, 4.69) is 11.9 Å². The van der Waals surface area contributed by atoms with E-state index in [0.717, 1.165) is 45.7 Å². The second kappa shape index (κ2) is 8.02. The molecular weight excluding hydrogens is 331 g/mol. The molecule has 0 aromatic rings. The molecule has 1 N–H and O–H groups in total. The predicted octanol–water partition coefficient (Wildman–Crippen LogP) is 1.10. The summed E-state index contributed by atoms with van der Waals surface area (Å²) >= 11 is 0. The predicted molar refractivity (Wildman–Crippen MR) is 79.8 cm³/mol. The molecule has 0 aliphatic carbocycles. The number of ether oxygens (including phenoxy) is 1. The minimum absolute atomic E-state index is 0.124. The molecule has 0 radical (unpaired) electrons. The lowest BCUT2D eigenvalue weighted by atomic mass is 9.86. The van der Waals surface area contributed by atoms with E-state index >= 15 is 0 Å². The number of amides is 2. The molecule has 0 atom stereocenters. The molecule has 0 unspecified atom stereocenters. The smallest absolute Gasteiger partial charge is 0.475 e. The zero-order valence-electron chi connectivity index (χ0n) is 14.1. The van der Waals surface area contributed by atoms with Crippen LogP contribution in [0.2, 0.25) is 0 Å². The van der Waals surface area contributed by atoms with Gasteiger partial charge < -0.3 is 19.6 Å². The number of hydrogen-bond acceptors (Lipinski definition) is 4. The molecular formula is C14H24F3N3O4. The zero-order chi connectivity index (χ0) is 18.5. The first-order valence-corrected chi connectivity index (χ1v) is 7.55. The summed E-state index contributed by atoms with van der Waals surface area (Å²) in [6.07, 6.45) is -3.05.